The molecular weight excluding hydrogens is 380 g/mol. The number of carbonyl (C=O) groups is 2. The Morgan fingerprint density at radius 3 is 2.43 bits per heavy atom. The van der Waals surface area contributed by atoms with Crippen molar-refractivity contribution in [2.24, 2.45) is 16.2 Å². The first-order chi connectivity index (χ1) is 10.7. The largest absolute Gasteiger partial charge is 0.273 e. The van der Waals surface area contributed by atoms with Crippen LogP contribution < -0.4 is 10.9 Å². The number of benzene rings is 1. The summed E-state index contributed by atoms with van der Waals surface area (Å²) in [6.07, 6.45) is 1.83. The third-order valence-electron chi connectivity index (χ3n) is 6.36. The summed E-state index contributed by atoms with van der Waals surface area (Å²) in [5, 5.41) is 0.481. The Morgan fingerprint density at radius 1 is 1.22 bits per heavy atom. The molecule has 0 saturated heterocycles. The van der Waals surface area contributed by atoms with E-state index in [0.29, 0.717) is 10.6 Å². The maximum atomic E-state index is 12.8. The van der Waals surface area contributed by atoms with Crippen LogP contribution in [0.15, 0.2) is 24.3 Å². The van der Waals surface area contributed by atoms with E-state index in [1.807, 2.05) is 0 Å². The maximum absolute atomic E-state index is 12.8. The summed E-state index contributed by atoms with van der Waals surface area (Å²) >= 11 is 9.60. The normalized spacial score (nSPS) is 33.7. The zero-order valence-electron chi connectivity index (χ0n) is 13.4. The van der Waals surface area contributed by atoms with E-state index in [1.165, 1.54) is 0 Å². The number of rotatable bonds is 2. The molecule has 3 fully saturated rings. The summed E-state index contributed by atoms with van der Waals surface area (Å²) in [6, 6.07) is 6.61. The third kappa shape index (κ3) is 2.02. The highest BCUT2D eigenvalue weighted by molar-refractivity contribution is 9.09. The molecule has 124 valence electrons. The average molecular weight is 400 g/mol. The summed E-state index contributed by atoms with van der Waals surface area (Å²) in [5.74, 6) is -0.504. The van der Waals surface area contributed by atoms with Gasteiger partial charge >= 0.3 is 0 Å². The predicted molar refractivity (Wildman–Crippen MR) is 93.3 cm³/mol. The second kappa shape index (κ2) is 5.21. The van der Waals surface area contributed by atoms with Gasteiger partial charge in [-0.1, -0.05) is 54.4 Å². The maximum Gasteiger partial charge on any atom is 0.269 e. The molecule has 4 rings (SSSR count). The van der Waals surface area contributed by atoms with Crippen LogP contribution in [0.5, 0.6) is 0 Å². The number of halogens is 2. The van der Waals surface area contributed by atoms with Crippen molar-refractivity contribution in [2.45, 2.75) is 38.4 Å². The highest BCUT2D eigenvalue weighted by Gasteiger charge is 2.80. The van der Waals surface area contributed by atoms with Gasteiger partial charge in [0, 0.05) is 15.4 Å². The lowest BCUT2D eigenvalue weighted by molar-refractivity contribution is -0.162. The highest BCUT2D eigenvalue weighted by atomic mass is 79.9. The molecule has 0 heterocycles. The lowest BCUT2D eigenvalue weighted by atomic mass is 9.43. The van der Waals surface area contributed by atoms with E-state index in [4.69, 9.17) is 11.6 Å². The van der Waals surface area contributed by atoms with E-state index >= 15 is 0 Å². The van der Waals surface area contributed by atoms with Crippen molar-refractivity contribution in [3.8, 4) is 0 Å². The van der Waals surface area contributed by atoms with Gasteiger partial charge in [0.25, 0.3) is 5.91 Å². The molecule has 0 spiro atoms. The summed E-state index contributed by atoms with van der Waals surface area (Å²) < 4.78 is 0. The zero-order valence-corrected chi connectivity index (χ0v) is 15.7. The van der Waals surface area contributed by atoms with E-state index in [-0.39, 0.29) is 27.5 Å². The van der Waals surface area contributed by atoms with Gasteiger partial charge in [-0.3, -0.25) is 20.4 Å². The first kappa shape index (κ1) is 16.8. The number of amides is 2. The number of fused-ring (bicyclic) bond motifs is 1. The molecule has 0 radical (unpaired) electrons. The molecule has 1 aromatic rings. The molecule has 0 aromatic heterocycles. The molecule has 4 nitrogen and oxygen atoms in total. The second-order valence-electron chi connectivity index (χ2n) is 7.29. The fourth-order valence-electron chi connectivity index (χ4n) is 4.38. The molecule has 3 unspecified atom stereocenters. The predicted octanol–water partition coefficient (Wildman–Crippen LogP) is 3.69. The van der Waals surface area contributed by atoms with Gasteiger partial charge in [-0.25, -0.2) is 0 Å². The third-order valence-corrected chi connectivity index (χ3v) is 8.38. The Kier molecular flexibility index (Phi) is 3.80. The molecule has 2 bridgehead atoms. The van der Waals surface area contributed by atoms with Crippen LogP contribution in [0.2, 0.25) is 5.02 Å². The molecule has 3 aliphatic carbocycles. The Morgan fingerprint density at radius 2 is 1.91 bits per heavy atom. The number of nitrogens with one attached hydrogen (secondary N) is 2. The number of carbonyl (C=O) groups excluding carboxylic acids is 2. The van der Waals surface area contributed by atoms with Gasteiger partial charge in [0.05, 0.1) is 5.41 Å². The minimum absolute atomic E-state index is 0.112. The number of hydrogen-bond donors (Lipinski definition) is 2. The van der Waals surface area contributed by atoms with Gasteiger partial charge in [0.2, 0.25) is 5.91 Å². The fraction of sp³-hybridized carbons (Fsp3) is 0.529. The standard InChI is InChI=1S/C17H20BrClN2O2/c1-15(2)16(3)7-8-17(15,13(16)18)14(23)21-20-12(22)10-5-4-6-11(19)9-10/h4-6,9,13H,7-8H2,1-3H3,(H,20,22)(H,21,23). The zero-order chi connectivity index (χ0) is 17.0. The van der Waals surface area contributed by atoms with Gasteiger partial charge in [0.1, 0.15) is 0 Å². The molecular formula is C17H20BrClN2O2. The van der Waals surface area contributed by atoms with Crippen LogP contribution in [0.25, 0.3) is 0 Å². The lowest BCUT2D eigenvalue weighted by Gasteiger charge is -2.64. The van der Waals surface area contributed by atoms with Gasteiger partial charge in [0.15, 0.2) is 0 Å². The lowest BCUT2D eigenvalue weighted by Crippen LogP contribution is -2.70. The molecule has 3 aliphatic rings. The summed E-state index contributed by atoms with van der Waals surface area (Å²) in [5.41, 5.74) is 5.05. The van der Waals surface area contributed by atoms with Crippen molar-refractivity contribution in [1.82, 2.24) is 10.9 Å². The first-order valence-corrected chi connectivity index (χ1v) is 8.96. The molecule has 3 atom stereocenters. The topological polar surface area (TPSA) is 58.2 Å². The van der Waals surface area contributed by atoms with Crippen LogP contribution in [-0.4, -0.2) is 16.6 Å². The second-order valence-corrected chi connectivity index (χ2v) is 8.65. The van der Waals surface area contributed by atoms with E-state index < -0.39 is 5.41 Å². The van der Waals surface area contributed by atoms with Crippen LogP contribution in [0.3, 0.4) is 0 Å². The molecule has 1 aromatic carbocycles. The average Bonchev–Trinajstić information content (AvgIpc) is 2.92. The summed E-state index contributed by atoms with van der Waals surface area (Å²) in [7, 11) is 0. The molecule has 0 aliphatic heterocycles. The summed E-state index contributed by atoms with van der Waals surface area (Å²) in [6.45, 7) is 6.49. The van der Waals surface area contributed by atoms with E-state index in [9.17, 15) is 9.59 Å². The van der Waals surface area contributed by atoms with Crippen molar-refractivity contribution in [1.29, 1.82) is 0 Å². The van der Waals surface area contributed by atoms with Crippen molar-refractivity contribution in [3.63, 3.8) is 0 Å². The SMILES string of the molecule is CC12CCC(C(=O)NNC(=O)c3cccc(Cl)c3)(C1Br)C2(C)C. The molecule has 3 saturated carbocycles. The first-order valence-electron chi connectivity index (χ1n) is 7.67. The smallest absolute Gasteiger partial charge is 0.269 e. The van der Waals surface area contributed by atoms with Crippen LogP contribution in [0.1, 0.15) is 44.0 Å². The Labute approximate surface area is 149 Å². The molecule has 2 amide bonds. The highest BCUT2D eigenvalue weighted by Crippen LogP contribution is 2.79. The number of hydrogen-bond acceptors (Lipinski definition) is 2. The van der Waals surface area contributed by atoms with E-state index in [1.54, 1.807) is 24.3 Å². The van der Waals surface area contributed by atoms with Crippen molar-refractivity contribution < 1.29 is 9.59 Å². The molecule has 2 N–H and O–H groups in total. The molecule has 23 heavy (non-hydrogen) atoms. The Bertz CT molecular complexity index is 693. The minimum atomic E-state index is -0.483. The van der Waals surface area contributed by atoms with Gasteiger partial charge in [-0.15, -0.1) is 0 Å². The van der Waals surface area contributed by atoms with Crippen molar-refractivity contribution in [3.05, 3.63) is 34.9 Å². The summed E-state index contributed by atoms with van der Waals surface area (Å²) in [4.78, 5) is 25.1. The number of alkyl halides is 1. The van der Waals surface area contributed by atoms with E-state index in [2.05, 4.69) is 47.6 Å². The van der Waals surface area contributed by atoms with Crippen molar-refractivity contribution >= 4 is 39.3 Å². The Hall–Kier alpha value is -1.07. The fourth-order valence-corrected chi connectivity index (χ4v) is 6.38. The number of hydrazine groups is 1. The monoisotopic (exact) mass is 398 g/mol. The van der Waals surface area contributed by atoms with Crippen LogP contribution in [-0.2, 0) is 4.79 Å². The van der Waals surface area contributed by atoms with Gasteiger partial charge in [-0.05, 0) is 41.9 Å². The van der Waals surface area contributed by atoms with Crippen LogP contribution in [0.4, 0.5) is 0 Å². The van der Waals surface area contributed by atoms with Gasteiger partial charge in [-0.2, -0.15) is 0 Å². The van der Waals surface area contributed by atoms with Gasteiger partial charge < -0.3 is 0 Å². The Balaban J connectivity index is 1.70. The minimum Gasteiger partial charge on any atom is -0.273 e. The quantitative estimate of drug-likeness (QED) is 0.588. The van der Waals surface area contributed by atoms with Crippen LogP contribution >= 0.6 is 27.5 Å². The molecule has 6 heteroatoms. The van der Waals surface area contributed by atoms with Crippen molar-refractivity contribution in [2.75, 3.05) is 0 Å². The van der Waals surface area contributed by atoms with E-state index in [0.717, 1.165) is 12.8 Å². The van der Waals surface area contributed by atoms with Crippen LogP contribution in [0, 0.1) is 16.2 Å².